The molecule has 4 nitrogen and oxygen atoms in total. The standard InChI is InChI=1S/C17H21NO3/c1-10-8-11(2)13(12(3)9-10)14-15(19)17(18-16(14)20)4-6-21-7-5-17/h8-9,19H,4-7H2,1-3H3,(H,18,20). The van der Waals surface area contributed by atoms with E-state index in [0.717, 1.165) is 22.3 Å². The number of hydrogen-bond acceptors (Lipinski definition) is 3. The van der Waals surface area contributed by atoms with Gasteiger partial charge in [0.15, 0.2) is 0 Å². The fraction of sp³-hybridized carbons (Fsp3) is 0.471. The molecule has 0 radical (unpaired) electrons. The lowest BCUT2D eigenvalue weighted by molar-refractivity contribution is -0.117. The number of hydrogen-bond donors (Lipinski definition) is 2. The Morgan fingerprint density at radius 2 is 1.71 bits per heavy atom. The van der Waals surface area contributed by atoms with Crippen LogP contribution in [0.25, 0.3) is 5.57 Å². The Balaban J connectivity index is 2.15. The summed E-state index contributed by atoms with van der Waals surface area (Å²) in [5.74, 6) is 0.00954. The summed E-state index contributed by atoms with van der Waals surface area (Å²) in [4.78, 5) is 12.5. The van der Waals surface area contributed by atoms with Gasteiger partial charge in [-0.15, -0.1) is 0 Å². The second-order valence-electron chi connectivity index (χ2n) is 6.15. The molecule has 1 amide bonds. The van der Waals surface area contributed by atoms with Gasteiger partial charge in [0.25, 0.3) is 5.91 Å². The summed E-state index contributed by atoms with van der Waals surface area (Å²) in [5, 5.41) is 13.7. The number of nitrogens with one attached hydrogen (secondary N) is 1. The van der Waals surface area contributed by atoms with E-state index < -0.39 is 5.54 Å². The fourth-order valence-electron chi connectivity index (χ4n) is 3.57. The van der Waals surface area contributed by atoms with Crippen molar-refractivity contribution in [2.45, 2.75) is 39.2 Å². The molecule has 1 aromatic rings. The Bertz CT molecular complexity index is 616. The van der Waals surface area contributed by atoms with Gasteiger partial charge in [0.1, 0.15) is 11.3 Å². The van der Waals surface area contributed by atoms with Gasteiger partial charge in [0, 0.05) is 26.1 Å². The van der Waals surface area contributed by atoms with Gasteiger partial charge in [-0.25, -0.2) is 0 Å². The van der Waals surface area contributed by atoms with Crippen LogP contribution in [0.3, 0.4) is 0 Å². The van der Waals surface area contributed by atoms with Crippen LogP contribution in [0.4, 0.5) is 0 Å². The normalized spacial score (nSPS) is 21.0. The molecule has 1 saturated heterocycles. The number of carbonyl (C=O) groups excluding carboxylic acids is 1. The first-order valence-electron chi connectivity index (χ1n) is 7.37. The van der Waals surface area contributed by atoms with E-state index in [-0.39, 0.29) is 11.7 Å². The van der Waals surface area contributed by atoms with Crippen LogP contribution in [0.1, 0.15) is 35.1 Å². The van der Waals surface area contributed by atoms with E-state index >= 15 is 0 Å². The topological polar surface area (TPSA) is 58.6 Å². The van der Waals surface area contributed by atoms with Crippen molar-refractivity contribution in [3.63, 3.8) is 0 Å². The van der Waals surface area contributed by atoms with Crippen molar-refractivity contribution in [3.8, 4) is 0 Å². The second-order valence-corrected chi connectivity index (χ2v) is 6.15. The highest BCUT2D eigenvalue weighted by Gasteiger charge is 2.47. The fourth-order valence-corrected chi connectivity index (χ4v) is 3.57. The molecule has 21 heavy (non-hydrogen) atoms. The first-order valence-corrected chi connectivity index (χ1v) is 7.37. The zero-order chi connectivity index (χ0) is 15.2. The summed E-state index contributed by atoms with van der Waals surface area (Å²) >= 11 is 0. The quantitative estimate of drug-likeness (QED) is 0.834. The highest BCUT2D eigenvalue weighted by Crippen LogP contribution is 2.39. The lowest BCUT2D eigenvalue weighted by Gasteiger charge is -2.33. The first-order chi connectivity index (χ1) is 9.94. The van der Waals surface area contributed by atoms with E-state index in [4.69, 9.17) is 4.74 Å². The van der Waals surface area contributed by atoms with Gasteiger partial charge < -0.3 is 15.2 Å². The van der Waals surface area contributed by atoms with Crippen LogP contribution in [0.2, 0.25) is 0 Å². The van der Waals surface area contributed by atoms with Crippen LogP contribution >= 0.6 is 0 Å². The molecule has 1 aromatic carbocycles. The summed E-state index contributed by atoms with van der Waals surface area (Å²) in [6.45, 7) is 7.12. The average molecular weight is 287 g/mol. The Kier molecular flexibility index (Phi) is 3.29. The van der Waals surface area contributed by atoms with Crippen molar-refractivity contribution >= 4 is 11.5 Å². The van der Waals surface area contributed by atoms with Gasteiger partial charge in [0.2, 0.25) is 0 Å². The smallest absolute Gasteiger partial charge is 0.256 e. The van der Waals surface area contributed by atoms with Gasteiger partial charge in [-0.05, 0) is 37.5 Å². The third-order valence-electron chi connectivity index (χ3n) is 4.54. The third-order valence-corrected chi connectivity index (χ3v) is 4.54. The van der Waals surface area contributed by atoms with Crippen molar-refractivity contribution in [1.29, 1.82) is 0 Å². The van der Waals surface area contributed by atoms with Crippen molar-refractivity contribution < 1.29 is 14.6 Å². The van der Waals surface area contributed by atoms with Crippen LogP contribution in [0.5, 0.6) is 0 Å². The van der Waals surface area contributed by atoms with Gasteiger partial charge in [-0.3, -0.25) is 4.79 Å². The van der Waals surface area contributed by atoms with Crippen molar-refractivity contribution in [3.05, 3.63) is 40.1 Å². The summed E-state index contributed by atoms with van der Waals surface area (Å²) in [6, 6.07) is 4.09. The molecule has 0 bridgehead atoms. The molecular formula is C17H21NO3. The SMILES string of the molecule is Cc1cc(C)c(C2=C(O)C3(CCOCC3)NC2=O)c(C)c1. The molecule has 1 fully saturated rings. The van der Waals surface area contributed by atoms with Crippen molar-refractivity contribution in [1.82, 2.24) is 5.32 Å². The zero-order valence-corrected chi connectivity index (χ0v) is 12.7. The molecule has 3 rings (SSSR count). The predicted molar refractivity (Wildman–Crippen MR) is 81.1 cm³/mol. The van der Waals surface area contributed by atoms with E-state index in [9.17, 15) is 9.90 Å². The van der Waals surface area contributed by atoms with Crippen molar-refractivity contribution in [2.75, 3.05) is 13.2 Å². The van der Waals surface area contributed by atoms with Gasteiger partial charge in [0.05, 0.1) is 5.57 Å². The lowest BCUT2D eigenvalue weighted by atomic mass is 9.86. The maximum atomic E-state index is 12.5. The Morgan fingerprint density at radius 3 is 2.29 bits per heavy atom. The predicted octanol–water partition coefficient (Wildman–Crippen LogP) is 2.56. The van der Waals surface area contributed by atoms with E-state index in [2.05, 4.69) is 5.32 Å². The highest BCUT2D eigenvalue weighted by molar-refractivity contribution is 6.23. The third kappa shape index (κ3) is 2.14. The molecule has 112 valence electrons. The Labute approximate surface area is 124 Å². The Morgan fingerprint density at radius 1 is 1.14 bits per heavy atom. The van der Waals surface area contributed by atoms with E-state index in [0.29, 0.717) is 31.6 Å². The molecule has 0 saturated carbocycles. The molecule has 4 heteroatoms. The van der Waals surface area contributed by atoms with Gasteiger partial charge in [-0.2, -0.15) is 0 Å². The lowest BCUT2D eigenvalue weighted by Crippen LogP contribution is -2.48. The minimum Gasteiger partial charge on any atom is -0.509 e. The molecule has 0 aliphatic carbocycles. The molecule has 0 atom stereocenters. The number of aryl methyl sites for hydroxylation is 3. The number of aliphatic hydroxyl groups is 1. The monoisotopic (exact) mass is 287 g/mol. The number of ether oxygens (including phenoxy) is 1. The minimum absolute atomic E-state index is 0.176. The van der Waals surface area contributed by atoms with Crippen LogP contribution in [-0.2, 0) is 9.53 Å². The number of rotatable bonds is 1. The first kappa shape index (κ1) is 14.1. The van der Waals surface area contributed by atoms with Crippen LogP contribution in [0, 0.1) is 20.8 Å². The van der Waals surface area contributed by atoms with E-state index in [1.54, 1.807) is 0 Å². The number of carbonyl (C=O) groups is 1. The number of amides is 1. The van der Waals surface area contributed by atoms with Crippen molar-refractivity contribution in [2.24, 2.45) is 0 Å². The highest BCUT2D eigenvalue weighted by atomic mass is 16.5. The van der Waals surface area contributed by atoms with Gasteiger partial charge in [-0.1, -0.05) is 17.7 Å². The molecule has 0 unspecified atom stereocenters. The maximum Gasteiger partial charge on any atom is 0.256 e. The summed E-state index contributed by atoms with van der Waals surface area (Å²) in [7, 11) is 0. The minimum atomic E-state index is -0.631. The molecule has 2 aliphatic rings. The number of aliphatic hydroxyl groups excluding tert-OH is 1. The molecule has 2 heterocycles. The van der Waals surface area contributed by atoms with Crippen LogP contribution < -0.4 is 5.32 Å². The largest absolute Gasteiger partial charge is 0.509 e. The Hall–Kier alpha value is -1.81. The van der Waals surface area contributed by atoms with Crippen LogP contribution in [-0.4, -0.2) is 29.8 Å². The number of benzene rings is 1. The zero-order valence-electron chi connectivity index (χ0n) is 12.7. The maximum absolute atomic E-state index is 12.5. The summed E-state index contributed by atoms with van der Waals surface area (Å²) in [6.07, 6.45) is 1.25. The van der Waals surface area contributed by atoms with Gasteiger partial charge >= 0.3 is 0 Å². The second kappa shape index (κ2) is 4.88. The average Bonchev–Trinajstić information content (AvgIpc) is 2.63. The summed E-state index contributed by atoms with van der Waals surface area (Å²) in [5.41, 5.74) is 3.87. The van der Waals surface area contributed by atoms with E-state index in [1.165, 1.54) is 0 Å². The molecular weight excluding hydrogens is 266 g/mol. The van der Waals surface area contributed by atoms with E-state index in [1.807, 2.05) is 32.9 Å². The molecule has 0 aromatic heterocycles. The molecule has 2 N–H and O–H groups in total. The summed E-state index contributed by atoms with van der Waals surface area (Å²) < 4.78 is 5.36. The molecule has 2 aliphatic heterocycles. The van der Waals surface area contributed by atoms with Crippen LogP contribution in [0.15, 0.2) is 17.9 Å². The molecule has 1 spiro atoms.